The third-order valence-electron chi connectivity index (χ3n) is 6.23. The summed E-state index contributed by atoms with van der Waals surface area (Å²) < 4.78 is 10.7. The van der Waals surface area contributed by atoms with E-state index in [1.807, 2.05) is 42.5 Å². The number of hydrogen-bond donors (Lipinski definition) is 0. The molecule has 2 aliphatic heterocycles. The van der Waals surface area contributed by atoms with Gasteiger partial charge < -0.3 is 14.4 Å². The quantitative estimate of drug-likeness (QED) is 0.393. The van der Waals surface area contributed by atoms with Crippen molar-refractivity contribution in [2.75, 3.05) is 18.1 Å². The molecule has 0 saturated heterocycles. The van der Waals surface area contributed by atoms with Crippen molar-refractivity contribution in [3.63, 3.8) is 0 Å². The lowest BCUT2D eigenvalue weighted by atomic mass is 9.91. The molecule has 1 aromatic heterocycles. The number of pyridine rings is 1. The molecule has 35 heavy (non-hydrogen) atoms. The minimum Gasteiger partial charge on any atom is -0.465 e. The fourth-order valence-corrected chi connectivity index (χ4v) is 4.82. The maximum Gasteiger partial charge on any atom is 0.337 e. The van der Waals surface area contributed by atoms with Crippen LogP contribution in [0.15, 0.2) is 78.1 Å². The SMILES string of the molecule is CCOC(=O)C1=C(C(=O)c2ccccc2)N2c3c(ccc4cccnc34)C=C[C@H]2[C@H]1C(=O)OCC. The molecule has 176 valence electrons. The van der Waals surface area contributed by atoms with Crippen LogP contribution >= 0.6 is 0 Å². The van der Waals surface area contributed by atoms with Crippen molar-refractivity contribution in [2.45, 2.75) is 19.9 Å². The molecule has 2 aliphatic rings. The van der Waals surface area contributed by atoms with E-state index in [1.54, 1.807) is 49.2 Å². The largest absolute Gasteiger partial charge is 0.465 e. The summed E-state index contributed by atoms with van der Waals surface area (Å²) in [6.07, 6.45) is 5.42. The second-order valence-corrected chi connectivity index (χ2v) is 8.21. The predicted octanol–water partition coefficient (Wildman–Crippen LogP) is 4.33. The smallest absolute Gasteiger partial charge is 0.337 e. The van der Waals surface area contributed by atoms with Gasteiger partial charge in [0.15, 0.2) is 0 Å². The fourth-order valence-electron chi connectivity index (χ4n) is 4.82. The summed E-state index contributed by atoms with van der Waals surface area (Å²) in [7, 11) is 0. The number of allylic oxidation sites excluding steroid dienone is 1. The number of ether oxygens (including phenoxy) is 2. The molecule has 7 heteroatoms. The second-order valence-electron chi connectivity index (χ2n) is 8.21. The maximum absolute atomic E-state index is 14.0. The number of benzene rings is 2. The summed E-state index contributed by atoms with van der Waals surface area (Å²) in [5, 5.41) is 0.879. The van der Waals surface area contributed by atoms with Gasteiger partial charge in [-0.05, 0) is 19.9 Å². The average Bonchev–Trinajstić information content (AvgIpc) is 3.24. The van der Waals surface area contributed by atoms with E-state index in [2.05, 4.69) is 4.98 Å². The first-order valence-corrected chi connectivity index (χ1v) is 11.6. The Hall–Kier alpha value is -4.26. The summed E-state index contributed by atoms with van der Waals surface area (Å²) in [6.45, 7) is 3.64. The van der Waals surface area contributed by atoms with Crippen molar-refractivity contribution in [3.05, 3.63) is 89.3 Å². The van der Waals surface area contributed by atoms with Crippen molar-refractivity contribution in [1.29, 1.82) is 0 Å². The van der Waals surface area contributed by atoms with E-state index < -0.39 is 23.9 Å². The number of Topliss-reactive ketones (excluding diaryl/α,β-unsaturated/α-hetero) is 1. The van der Waals surface area contributed by atoms with Crippen LogP contribution in [-0.4, -0.2) is 42.0 Å². The van der Waals surface area contributed by atoms with Gasteiger partial charge >= 0.3 is 11.9 Å². The number of fused-ring (bicyclic) bond motifs is 5. The van der Waals surface area contributed by atoms with E-state index in [1.165, 1.54) is 0 Å². The van der Waals surface area contributed by atoms with Gasteiger partial charge in [-0.2, -0.15) is 0 Å². The average molecular weight is 469 g/mol. The van der Waals surface area contributed by atoms with Crippen LogP contribution in [0, 0.1) is 5.92 Å². The standard InChI is InChI=1S/C28H24N2O5/c1-3-34-27(32)21-20-15-14-18-13-12-17-11-8-16-29-23(17)24(18)30(20)25(22(21)28(33)35-4-2)26(31)19-9-6-5-7-10-19/h5-16,20-21H,3-4H2,1-2H3/t20-,21+/m0/s1. The summed E-state index contributed by atoms with van der Waals surface area (Å²) in [6, 6.07) is 15.7. The van der Waals surface area contributed by atoms with Crippen LogP contribution in [0.25, 0.3) is 17.0 Å². The highest BCUT2D eigenvalue weighted by Gasteiger charge is 2.52. The van der Waals surface area contributed by atoms with E-state index in [9.17, 15) is 14.4 Å². The number of hydrogen-bond acceptors (Lipinski definition) is 7. The third-order valence-corrected chi connectivity index (χ3v) is 6.23. The molecule has 3 aromatic rings. The Morgan fingerprint density at radius 1 is 0.943 bits per heavy atom. The van der Waals surface area contributed by atoms with Crippen LogP contribution in [0.1, 0.15) is 29.8 Å². The first-order chi connectivity index (χ1) is 17.1. The highest BCUT2D eigenvalue weighted by Crippen LogP contribution is 2.47. The van der Waals surface area contributed by atoms with Crippen LogP contribution in [0.2, 0.25) is 0 Å². The van der Waals surface area contributed by atoms with Crippen LogP contribution in [0.3, 0.4) is 0 Å². The van der Waals surface area contributed by atoms with Crippen LogP contribution in [0.5, 0.6) is 0 Å². The highest BCUT2D eigenvalue weighted by molar-refractivity contribution is 6.19. The van der Waals surface area contributed by atoms with Gasteiger partial charge in [0.05, 0.1) is 36.0 Å². The minimum absolute atomic E-state index is 0.00888. The molecule has 0 saturated carbocycles. The van der Waals surface area contributed by atoms with Crippen molar-refractivity contribution >= 4 is 40.4 Å². The summed E-state index contributed by atoms with van der Waals surface area (Å²) >= 11 is 0. The maximum atomic E-state index is 14.0. The molecule has 7 nitrogen and oxygen atoms in total. The van der Waals surface area contributed by atoms with Crippen LogP contribution in [-0.2, 0) is 19.1 Å². The topological polar surface area (TPSA) is 85.8 Å². The zero-order chi connectivity index (χ0) is 24.5. The monoisotopic (exact) mass is 468 g/mol. The number of carbonyl (C=O) groups excluding carboxylic acids is 3. The molecule has 0 N–H and O–H groups in total. The van der Waals surface area contributed by atoms with Gasteiger partial charge in [0.1, 0.15) is 11.6 Å². The molecular weight excluding hydrogens is 444 g/mol. The number of esters is 2. The Bertz CT molecular complexity index is 1390. The third kappa shape index (κ3) is 3.69. The Kier molecular flexibility index (Phi) is 5.91. The van der Waals surface area contributed by atoms with Crippen LogP contribution < -0.4 is 4.90 Å². The molecule has 0 unspecified atom stereocenters. The fraction of sp³-hybridized carbons (Fsp3) is 0.214. The molecule has 0 fully saturated rings. The van der Waals surface area contributed by atoms with Crippen molar-refractivity contribution < 1.29 is 23.9 Å². The summed E-state index contributed by atoms with van der Waals surface area (Å²) in [5.74, 6) is -2.69. The van der Waals surface area contributed by atoms with E-state index >= 15 is 0 Å². The first kappa shape index (κ1) is 22.5. The number of carbonyl (C=O) groups is 3. The zero-order valence-electron chi connectivity index (χ0n) is 19.4. The minimum atomic E-state index is -1.03. The van der Waals surface area contributed by atoms with Gasteiger partial charge in [0.25, 0.3) is 0 Å². The Balaban J connectivity index is 1.82. The van der Waals surface area contributed by atoms with E-state index in [0.717, 1.165) is 10.9 Å². The molecule has 0 bridgehead atoms. The Morgan fingerprint density at radius 2 is 1.71 bits per heavy atom. The molecule has 0 radical (unpaired) electrons. The molecule has 5 rings (SSSR count). The van der Waals surface area contributed by atoms with Gasteiger partial charge in [-0.3, -0.25) is 14.6 Å². The van der Waals surface area contributed by atoms with Gasteiger partial charge in [0, 0.05) is 22.7 Å². The molecule has 0 aliphatic carbocycles. The summed E-state index contributed by atoms with van der Waals surface area (Å²) in [4.78, 5) is 46.9. The summed E-state index contributed by atoms with van der Waals surface area (Å²) in [5.41, 5.74) is 2.69. The van der Waals surface area contributed by atoms with Crippen molar-refractivity contribution in [1.82, 2.24) is 4.98 Å². The van der Waals surface area contributed by atoms with E-state index in [0.29, 0.717) is 16.8 Å². The van der Waals surface area contributed by atoms with Crippen LogP contribution in [0.4, 0.5) is 5.69 Å². The molecule has 0 spiro atoms. The predicted molar refractivity (Wildman–Crippen MR) is 132 cm³/mol. The number of rotatable bonds is 6. The molecule has 3 heterocycles. The lowest BCUT2D eigenvalue weighted by molar-refractivity contribution is -0.150. The number of nitrogens with zero attached hydrogens (tertiary/aromatic N) is 2. The molecule has 2 atom stereocenters. The normalized spacial score (nSPS) is 18.3. The lowest BCUT2D eigenvalue weighted by Crippen LogP contribution is -2.40. The van der Waals surface area contributed by atoms with Crippen molar-refractivity contribution in [2.24, 2.45) is 5.92 Å². The van der Waals surface area contributed by atoms with E-state index in [-0.39, 0.29) is 30.3 Å². The van der Waals surface area contributed by atoms with Gasteiger partial charge in [-0.15, -0.1) is 0 Å². The molecule has 2 aromatic carbocycles. The molecule has 0 amide bonds. The highest BCUT2D eigenvalue weighted by atomic mass is 16.5. The Morgan fingerprint density at radius 3 is 2.46 bits per heavy atom. The van der Waals surface area contributed by atoms with Gasteiger partial charge in [0.2, 0.25) is 5.78 Å². The second kappa shape index (κ2) is 9.18. The first-order valence-electron chi connectivity index (χ1n) is 11.6. The zero-order valence-corrected chi connectivity index (χ0v) is 19.4. The number of aromatic nitrogens is 1. The Labute approximate surface area is 202 Å². The van der Waals surface area contributed by atoms with Gasteiger partial charge in [-0.1, -0.05) is 60.7 Å². The van der Waals surface area contributed by atoms with Gasteiger partial charge in [-0.25, -0.2) is 4.79 Å². The van der Waals surface area contributed by atoms with Crippen molar-refractivity contribution in [3.8, 4) is 0 Å². The lowest BCUT2D eigenvalue weighted by Gasteiger charge is -2.34. The number of ketones is 1. The molecular formula is C28H24N2O5. The number of anilines is 1. The van der Waals surface area contributed by atoms with E-state index in [4.69, 9.17) is 9.47 Å².